The van der Waals surface area contributed by atoms with Crippen molar-refractivity contribution in [2.75, 3.05) is 26.4 Å². The molecule has 0 aromatic carbocycles. The standard InChI is InChI=1S/C47H84O15/c1-3-5-7-9-11-13-15-16-17-18-20-22-24-26-28-30-39(50)60-35(32-57-38(49)29-27-25-23-21-19-14-12-10-8-6-4-2)33-58-46-45(56)43(54)41(52)37(62-46)34-59-47-44(55)42(53)40(51)36(31-48)61-47/h15,17,35-37,40-48,51-56H,3-14,18-34H2,1-2H3/t16?,35-,36-,37-,40+,41+,42?,43?,44?,45?,46-,47-/m1/s1. The molecule has 0 saturated carbocycles. The van der Waals surface area contributed by atoms with E-state index in [4.69, 9.17) is 28.4 Å². The molecule has 0 spiro atoms. The molecule has 15 heteroatoms. The second-order valence-corrected chi connectivity index (χ2v) is 17.0. The van der Waals surface area contributed by atoms with Gasteiger partial charge in [-0.2, -0.15) is 0 Å². The van der Waals surface area contributed by atoms with Crippen LogP contribution in [0.4, 0.5) is 0 Å². The van der Waals surface area contributed by atoms with E-state index in [0.29, 0.717) is 12.8 Å². The number of allylic oxidation sites excluding steroid dienone is 1. The van der Waals surface area contributed by atoms with Crippen molar-refractivity contribution in [3.05, 3.63) is 17.9 Å². The van der Waals surface area contributed by atoms with Gasteiger partial charge in [-0.1, -0.05) is 123 Å². The molecule has 2 rings (SSSR count). The number of esters is 2. The molecule has 62 heavy (non-hydrogen) atoms. The van der Waals surface area contributed by atoms with Crippen molar-refractivity contribution in [2.24, 2.45) is 0 Å². The van der Waals surface area contributed by atoms with Crippen LogP contribution in [0.2, 0.25) is 0 Å². The number of aliphatic hydroxyl groups excluding tert-OH is 7. The number of ether oxygens (including phenoxy) is 6. The largest absolute Gasteiger partial charge is 0.462 e. The zero-order chi connectivity index (χ0) is 45.4. The van der Waals surface area contributed by atoms with Gasteiger partial charge in [0.15, 0.2) is 18.7 Å². The summed E-state index contributed by atoms with van der Waals surface area (Å²) in [5.41, 5.74) is 3.28. The first kappa shape index (κ1) is 56.2. The molecule has 362 valence electrons. The van der Waals surface area contributed by atoms with Gasteiger partial charge in [0, 0.05) is 12.8 Å². The minimum atomic E-state index is -1.76. The van der Waals surface area contributed by atoms with Crippen LogP contribution in [0.5, 0.6) is 0 Å². The molecule has 0 amide bonds. The van der Waals surface area contributed by atoms with Gasteiger partial charge in [-0.3, -0.25) is 9.59 Å². The van der Waals surface area contributed by atoms with Gasteiger partial charge in [-0.15, -0.1) is 5.73 Å². The summed E-state index contributed by atoms with van der Waals surface area (Å²) in [4.78, 5) is 25.6. The van der Waals surface area contributed by atoms with Crippen LogP contribution in [0.15, 0.2) is 17.9 Å². The Hall–Kier alpha value is -1.98. The first-order valence-electron chi connectivity index (χ1n) is 24.0. The van der Waals surface area contributed by atoms with Gasteiger partial charge in [0.2, 0.25) is 0 Å². The van der Waals surface area contributed by atoms with Crippen LogP contribution in [-0.2, 0) is 38.0 Å². The van der Waals surface area contributed by atoms with E-state index < -0.39 is 92.7 Å². The lowest BCUT2D eigenvalue weighted by Crippen LogP contribution is -2.61. The van der Waals surface area contributed by atoms with Gasteiger partial charge >= 0.3 is 11.9 Å². The summed E-state index contributed by atoms with van der Waals surface area (Å²) < 4.78 is 33.5. The van der Waals surface area contributed by atoms with Crippen molar-refractivity contribution < 1.29 is 73.8 Å². The van der Waals surface area contributed by atoms with Crippen LogP contribution in [0, 0.1) is 0 Å². The average molecular weight is 889 g/mol. The molecule has 7 N–H and O–H groups in total. The van der Waals surface area contributed by atoms with Gasteiger partial charge in [0.25, 0.3) is 0 Å². The summed E-state index contributed by atoms with van der Waals surface area (Å²) >= 11 is 0. The fourth-order valence-corrected chi connectivity index (χ4v) is 7.49. The Bertz CT molecular complexity index is 1200. The van der Waals surface area contributed by atoms with E-state index in [-0.39, 0.29) is 26.1 Å². The summed E-state index contributed by atoms with van der Waals surface area (Å²) in [6.07, 6.45) is 13.2. The summed E-state index contributed by atoms with van der Waals surface area (Å²) in [5.74, 6) is -0.943. The quantitative estimate of drug-likeness (QED) is 0.0231. The number of hydrogen-bond donors (Lipinski definition) is 7. The van der Waals surface area contributed by atoms with E-state index in [1.165, 1.54) is 77.0 Å². The Balaban J connectivity index is 1.85. The summed E-state index contributed by atoms with van der Waals surface area (Å²) in [7, 11) is 0. The summed E-state index contributed by atoms with van der Waals surface area (Å²) in [5, 5.41) is 71.9. The topological polar surface area (TPSA) is 231 Å². The van der Waals surface area contributed by atoms with E-state index in [9.17, 15) is 45.3 Å². The maximum absolute atomic E-state index is 12.9. The molecule has 15 nitrogen and oxygen atoms in total. The van der Waals surface area contributed by atoms with E-state index in [1.807, 2.05) is 0 Å². The van der Waals surface area contributed by atoms with E-state index in [1.54, 1.807) is 0 Å². The highest BCUT2D eigenvalue weighted by atomic mass is 16.7. The molecule has 0 bridgehead atoms. The summed E-state index contributed by atoms with van der Waals surface area (Å²) in [6.45, 7) is 2.53. The number of hydrogen-bond acceptors (Lipinski definition) is 15. The highest BCUT2D eigenvalue weighted by Gasteiger charge is 2.47. The molecule has 2 aliphatic heterocycles. The predicted octanol–water partition coefficient (Wildman–Crippen LogP) is 5.59. The lowest BCUT2D eigenvalue weighted by molar-refractivity contribution is -0.332. The maximum Gasteiger partial charge on any atom is 0.306 e. The van der Waals surface area contributed by atoms with Crippen molar-refractivity contribution in [3.8, 4) is 0 Å². The molecule has 0 radical (unpaired) electrons. The third-order valence-corrected chi connectivity index (χ3v) is 11.5. The SMILES string of the molecule is CCCCCCCC=C=CCCCCCCCC(=O)O[C@H](COC(=O)CCCCCCCCCCCCC)CO[C@@H]1O[C@H](CO[C@@H]2O[C@H](CO)[C@H](O)C(O)C2O)[C@H](O)C(O)C1O. The van der Waals surface area contributed by atoms with Crippen LogP contribution in [-0.4, -0.2) is 142 Å². The smallest absolute Gasteiger partial charge is 0.306 e. The van der Waals surface area contributed by atoms with Crippen LogP contribution in [0.1, 0.15) is 174 Å². The lowest BCUT2D eigenvalue weighted by atomic mass is 9.98. The number of unbranched alkanes of at least 4 members (excludes halogenated alkanes) is 20. The Morgan fingerprint density at radius 2 is 0.968 bits per heavy atom. The fraction of sp³-hybridized carbons (Fsp3) is 0.894. The van der Waals surface area contributed by atoms with Gasteiger partial charge in [0.1, 0.15) is 55.4 Å². The van der Waals surface area contributed by atoms with Gasteiger partial charge in [0.05, 0.1) is 19.8 Å². The minimum Gasteiger partial charge on any atom is -0.462 e. The highest BCUT2D eigenvalue weighted by molar-refractivity contribution is 5.70. The molecule has 2 saturated heterocycles. The zero-order valence-electron chi connectivity index (χ0n) is 37.9. The van der Waals surface area contributed by atoms with E-state index in [2.05, 4.69) is 31.7 Å². The zero-order valence-corrected chi connectivity index (χ0v) is 37.9. The second kappa shape index (κ2) is 35.3. The highest BCUT2D eigenvalue weighted by Crippen LogP contribution is 2.26. The van der Waals surface area contributed by atoms with Crippen LogP contribution in [0.25, 0.3) is 0 Å². The molecule has 0 aromatic heterocycles. The molecular formula is C47H84O15. The van der Waals surface area contributed by atoms with Gasteiger partial charge in [-0.05, 0) is 50.7 Å². The normalized spacial score (nSPS) is 26.7. The molecular weight excluding hydrogens is 805 g/mol. The lowest BCUT2D eigenvalue weighted by Gasteiger charge is -2.42. The Morgan fingerprint density at radius 3 is 1.48 bits per heavy atom. The third kappa shape index (κ3) is 23.8. The molecule has 0 aromatic rings. The molecule has 2 aliphatic rings. The number of aliphatic hydroxyl groups is 7. The van der Waals surface area contributed by atoms with Crippen LogP contribution < -0.4 is 0 Å². The van der Waals surface area contributed by atoms with Gasteiger partial charge < -0.3 is 64.2 Å². The van der Waals surface area contributed by atoms with Crippen molar-refractivity contribution in [1.29, 1.82) is 0 Å². The summed E-state index contributed by atoms with van der Waals surface area (Å²) in [6, 6.07) is 0. The molecule has 4 unspecified atom stereocenters. The minimum absolute atomic E-state index is 0.148. The number of carbonyl (C=O) groups excluding carboxylic acids is 2. The average Bonchev–Trinajstić information content (AvgIpc) is 3.26. The van der Waals surface area contributed by atoms with Crippen molar-refractivity contribution in [2.45, 2.75) is 242 Å². The van der Waals surface area contributed by atoms with Gasteiger partial charge in [-0.25, -0.2) is 0 Å². The van der Waals surface area contributed by atoms with Crippen molar-refractivity contribution >= 4 is 11.9 Å². The first-order valence-corrected chi connectivity index (χ1v) is 24.0. The third-order valence-electron chi connectivity index (χ3n) is 11.5. The molecule has 2 heterocycles. The molecule has 11 atom stereocenters. The first-order chi connectivity index (χ1) is 30.0. The van der Waals surface area contributed by atoms with Crippen molar-refractivity contribution in [1.82, 2.24) is 0 Å². The maximum atomic E-state index is 12.9. The monoisotopic (exact) mass is 889 g/mol. The Kier molecular flexibility index (Phi) is 32.0. The number of rotatable bonds is 36. The van der Waals surface area contributed by atoms with E-state index in [0.717, 1.165) is 57.8 Å². The fourth-order valence-electron chi connectivity index (χ4n) is 7.49. The predicted molar refractivity (Wildman–Crippen MR) is 233 cm³/mol. The van der Waals surface area contributed by atoms with Crippen LogP contribution >= 0.6 is 0 Å². The Labute approximate surface area is 371 Å². The second-order valence-electron chi connectivity index (χ2n) is 17.0. The molecule has 0 aliphatic carbocycles. The van der Waals surface area contributed by atoms with Crippen molar-refractivity contribution in [3.63, 3.8) is 0 Å². The number of carbonyl (C=O) groups is 2. The van der Waals surface area contributed by atoms with E-state index >= 15 is 0 Å². The molecule has 2 fully saturated rings. The van der Waals surface area contributed by atoms with Crippen LogP contribution in [0.3, 0.4) is 0 Å². The Morgan fingerprint density at radius 1 is 0.532 bits per heavy atom.